The van der Waals surface area contributed by atoms with Crippen LogP contribution in [0.1, 0.15) is 11.1 Å². The molecule has 1 aromatic rings. The summed E-state index contributed by atoms with van der Waals surface area (Å²) in [6, 6.07) is 5.13. The molecule has 0 radical (unpaired) electrons. The Bertz CT molecular complexity index is 531. The first-order chi connectivity index (χ1) is 9.47. The molecule has 1 rings (SSSR count). The molecule has 114 valence electrons. The molecule has 6 nitrogen and oxygen atoms in total. The van der Waals surface area contributed by atoms with Crippen molar-refractivity contribution in [2.24, 2.45) is 5.73 Å². The molecule has 0 unspecified atom stereocenters. The molecular formula is C13H22N2O4S. The minimum Gasteiger partial charge on any atom is -0.395 e. The second-order valence-corrected chi connectivity index (χ2v) is 6.33. The van der Waals surface area contributed by atoms with E-state index in [-0.39, 0.29) is 37.7 Å². The SMILES string of the molecule is COCCN(CCO)S(=O)(=O)c1cc(CN)ccc1C. The van der Waals surface area contributed by atoms with Crippen molar-refractivity contribution in [3.8, 4) is 0 Å². The van der Waals surface area contributed by atoms with Crippen LogP contribution >= 0.6 is 0 Å². The molecule has 0 saturated carbocycles. The Hall–Kier alpha value is -0.990. The van der Waals surface area contributed by atoms with Crippen molar-refractivity contribution < 1.29 is 18.3 Å². The van der Waals surface area contributed by atoms with Gasteiger partial charge in [0.15, 0.2) is 0 Å². The third kappa shape index (κ3) is 4.00. The van der Waals surface area contributed by atoms with E-state index in [9.17, 15) is 8.42 Å². The van der Waals surface area contributed by atoms with E-state index in [1.807, 2.05) is 0 Å². The van der Waals surface area contributed by atoms with Crippen molar-refractivity contribution in [2.45, 2.75) is 18.4 Å². The lowest BCUT2D eigenvalue weighted by molar-refractivity contribution is 0.168. The summed E-state index contributed by atoms with van der Waals surface area (Å²) in [4.78, 5) is 0.227. The van der Waals surface area contributed by atoms with Crippen molar-refractivity contribution in [1.82, 2.24) is 4.31 Å². The average molecular weight is 302 g/mol. The Kier molecular flexibility index (Phi) is 6.57. The minimum absolute atomic E-state index is 0.0397. The molecular weight excluding hydrogens is 280 g/mol. The molecule has 3 N–H and O–H groups in total. The van der Waals surface area contributed by atoms with Crippen LogP contribution in [0.25, 0.3) is 0 Å². The zero-order valence-electron chi connectivity index (χ0n) is 11.9. The highest BCUT2D eigenvalue weighted by atomic mass is 32.2. The van der Waals surface area contributed by atoms with Crippen LogP contribution in [0.5, 0.6) is 0 Å². The van der Waals surface area contributed by atoms with Gasteiger partial charge in [-0.15, -0.1) is 0 Å². The summed E-state index contributed by atoms with van der Waals surface area (Å²) in [5.41, 5.74) is 6.97. The summed E-state index contributed by atoms with van der Waals surface area (Å²) < 4.78 is 31.4. The Labute approximate surface area is 120 Å². The van der Waals surface area contributed by atoms with Gasteiger partial charge in [-0.2, -0.15) is 4.31 Å². The van der Waals surface area contributed by atoms with Crippen LogP contribution in [0, 0.1) is 6.92 Å². The van der Waals surface area contributed by atoms with E-state index >= 15 is 0 Å². The average Bonchev–Trinajstić information content (AvgIpc) is 2.43. The fourth-order valence-electron chi connectivity index (χ4n) is 1.85. The van der Waals surface area contributed by atoms with Crippen LogP contribution < -0.4 is 5.73 Å². The molecule has 0 aliphatic heterocycles. The highest BCUT2D eigenvalue weighted by Crippen LogP contribution is 2.21. The molecule has 1 aromatic carbocycles. The Balaban J connectivity index is 3.17. The first kappa shape index (κ1) is 17.1. The molecule has 0 heterocycles. The van der Waals surface area contributed by atoms with Crippen molar-refractivity contribution in [3.05, 3.63) is 29.3 Å². The van der Waals surface area contributed by atoms with Gasteiger partial charge in [-0.25, -0.2) is 8.42 Å². The Morgan fingerprint density at radius 3 is 2.60 bits per heavy atom. The largest absolute Gasteiger partial charge is 0.395 e. The number of hydrogen-bond acceptors (Lipinski definition) is 5. The van der Waals surface area contributed by atoms with Crippen molar-refractivity contribution in [1.29, 1.82) is 0 Å². The molecule has 0 saturated heterocycles. The maximum Gasteiger partial charge on any atom is 0.243 e. The maximum absolute atomic E-state index is 12.6. The smallest absolute Gasteiger partial charge is 0.243 e. The Morgan fingerprint density at radius 2 is 2.05 bits per heavy atom. The first-order valence-electron chi connectivity index (χ1n) is 6.37. The molecule has 0 aliphatic rings. The monoisotopic (exact) mass is 302 g/mol. The van der Waals surface area contributed by atoms with Gasteiger partial charge in [0.05, 0.1) is 18.1 Å². The third-order valence-corrected chi connectivity index (χ3v) is 5.04. The van der Waals surface area contributed by atoms with Gasteiger partial charge in [-0.3, -0.25) is 0 Å². The van der Waals surface area contributed by atoms with E-state index in [0.29, 0.717) is 5.56 Å². The van der Waals surface area contributed by atoms with Crippen molar-refractivity contribution >= 4 is 10.0 Å². The van der Waals surface area contributed by atoms with Gasteiger partial charge in [0.1, 0.15) is 0 Å². The van der Waals surface area contributed by atoms with Crippen LogP contribution in [-0.4, -0.2) is 51.2 Å². The quantitative estimate of drug-likeness (QED) is 0.709. The first-order valence-corrected chi connectivity index (χ1v) is 7.81. The number of aryl methyl sites for hydroxylation is 1. The molecule has 0 aromatic heterocycles. The van der Waals surface area contributed by atoms with E-state index in [1.54, 1.807) is 25.1 Å². The Morgan fingerprint density at radius 1 is 1.35 bits per heavy atom. The second-order valence-electron chi connectivity index (χ2n) is 4.42. The predicted molar refractivity (Wildman–Crippen MR) is 76.8 cm³/mol. The number of nitrogens with zero attached hydrogens (tertiary/aromatic N) is 1. The predicted octanol–water partition coefficient (Wildman–Crippen LogP) is 0.0831. The van der Waals surface area contributed by atoms with Crippen LogP contribution in [0.3, 0.4) is 0 Å². The number of aliphatic hydroxyl groups excluding tert-OH is 1. The number of nitrogens with two attached hydrogens (primary N) is 1. The summed E-state index contributed by atoms with van der Waals surface area (Å²) in [5, 5.41) is 9.05. The van der Waals surface area contributed by atoms with E-state index in [2.05, 4.69) is 0 Å². The molecule has 20 heavy (non-hydrogen) atoms. The van der Waals surface area contributed by atoms with Gasteiger partial charge in [0, 0.05) is 26.7 Å². The lowest BCUT2D eigenvalue weighted by Crippen LogP contribution is -2.36. The van der Waals surface area contributed by atoms with Crippen LogP contribution in [0.2, 0.25) is 0 Å². The summed E-state index contributed by atoms with van der Waals surface area (Å²) >= 11 is 0. The van der Waals surface area contributed by atoms with E-state index in [1.165, 1.54) is 11.4 Å². The van der Waals surface area contributed by atoms with Crippen molar-refractivity contribution in [3.63, 3.8) is 0 Å². The number of sulfonamides is 1. The highest BCUT2D eigenvalue weighted by Gasteiger charge is 2.25. The van der Waals surface area contributed by atoms with Gasteiger partial charge >= 0.3 is 0 Å². The number of benzene rings is 1. The van der Waals surface area contributed by atoms with E-state index in [0.717, 1.165) is 5.56 Å². The number of hydrogen-bond donors (Lipinski definition) is 2. The molecule has 0 atom stereocenters. The maximum atomic E-state index is 12.6. The third-order valence-electron chi connectivity index (χ3n) is 3.00. The summed E-state index contributed by atoms with van der Waals surface area (Å²) in [5.74, 6) is 0. The van der Waals surface area contributed by atoms with E-state index in [4.69, 9.17) is 15.6 Å². The highest BCUT2D eigenvalue weighted by molar-refractivity contribution is 7.89. The molecule has 0 bridgehead atoms. The molecule has 0 fully saturated rings. The molecule has 0 aliphatic carbocycles. The number of methoxy groups -OCH3 is 1. The van der Waals surface area contributed by atoms with E-state index < -0.39 is 10.0 Å². The normalized spacial score (nSPS) is 12.1. The van der Waals surface area contributed by atoms with Gasteiger partial charge in [-0.05, 0) is 24.1 Å². The standard InChI is InChI=1S/C13H22N2O4S/c1-11-3-4-12(10-14)9-13(11)20(17,18)15(5-7-16)6-8-19-2/h3-4,9,16H,5-8,10,14H2,1-2H3. The number of ether oxygens (including phenoxy) is 1. The topological polar surface area (TPSA) is 92.9 Å². The number of rotatable bonds is 8. The van der Waals surface area contributed by atoms with Crippen LogP contribution in [-0.2, 0) is 21.3 Å². The zero-order chi connectivity index (χ0) is 15.2. The van der Waals surface area contributed by atoms with Gasteiger partial charge in [0.25, 0.3) is 0 Å². The van der Waals surface area contributed by atoms with Crippen LogP contribution in [0.4, 0.5) is 0 Å². The molecule has 0 amide bonds. The lowest BCUT2D eigenvalue weighted by Gasteiger charge is -2.22. The minimum atomic E-state index is -3.66. The van der Waals surface area contributed by atoms with Gasteiger partial charge in [-0.1, -0.05) is 12.1 Å². The summed E-state index contributed by atoms with van der Waals surface area (Å²) in [6.07, 6.45) is 0. The molecule has 7 heteroatoms. The second kappa shape index (κ2) is 7.70. The summed E-state index contributed by atoms with van der Waals surface area (Å²) in [7, 11) is -2.16. The van der Waals surface area contributed by atoms with Gasteiger partial charge in [0.2, 0.25) is 10.0 Å². The zero-order valence-corrected chi connectivity index (χ0v) is 12.7. The van der Waals surface area contributed by atoms with Crippen molar-refractivity contribution in [2.75, 3.05) is 33.4 Å². The summed E-state index contributed by atoms with van der Waals surface area (Å²) in [6.45, 7) is 2.29. The lowest BCUT2D eigenvalue weighted by atomic mass is 10.1. The number of aliphatic hydroxyl groups is 1. The fraction of sp³-hybridized carbons (Fsp3) is 0.538. The fourth-order valence-corrected chi connectivity index (χ4v) is 3.54. The van der Waals surface area contributed by atoms with Crippen LogP contribution in [0.15, 0.2) is 23.1 Å². The van der Waals surface area contributed by atoms with Gasteiger partial charge < -0.3 is 15.6 Å². The molecule has 0 spiro atoms.